The van der Waals surface area contributed by atoms with Gasteiger partial charge >= 0.3 is 11.9 Å². The molecule has 2 atom stereocenters. The number of hydrogen-bond acceptors (Lipinski definition) is 5. The molecule has 0 aliphatic heterocycles. The summed E-state index contributed by atoms with van der Waals surface area (Å²) in [6.45, 7) is 4.82. The van der Waals surface area contributed by atoms with Gasteiger partial charge in [-0.05, 0) is 76.8 Å². The lowest BCUT2D eigenvalue weighted by Crippen LogP contribution is -2.40. The van der Waals surface area contributed by atoms with Crippen LogP contribution in [0.4, 0.5) is 0 Å². The Morgan fingerprint density at radius 1 is 0.588 bits per heavy atom. The third-order valence-electron chi connectivity index (χ3n) is 9.14. The first kappa shape index (κ1) is 48.3. The SMILES string of the molecule is CC/C=C\C/C=C\C/C=C\C/C=C\C(CCCCCCCC(=O)NC(CCCN)C(=O)O)OC(=O)CCCCCCCCCCCCCCCC. The Morgan fingerprint density at radius 3 is 1.57 bits per heavy atom. The molecule has 0 fully saturated rings. The molecule has 7 nitrogen and oxygen atoms in total. The summed E-state index contributed by atoms with van der Waals surface area (Å²) in [6.07, 6.45) is 46.0. The molecule has 294 valence electrons. The average Bonchev–Trinajstić information content (AvgIpc) is 3.11. The Labute approximate surface area is 313 Å². The number of carboxylic acid groups (broad SMARTS) is 1. The molecule has 0 aliphatic carbocycles. The van der Waals surface area contributed by atoms with Crippen LogP contribution in [0.2, 0.25) is 0 Å². The number of ether oxygens (including phenoxy) is 1. The lowest BCUT2D eigenvalue weighted by molar-refractivity contribution is -0.147. The maximum absolute atomic E-state index is 12.7. The normalized spacial score (nSPS) is 13.2. The number of rotatable bonds is 37. The fourth-order valence-electron chi connectivity index (χ4n) is 6.01. The predicted octanol–water partition coefficient (Wildman–Crippen LogP) is 11.6. The van der Waals surface area contributed by atoms with Crippen LogP contribution >= 0.6 is 0 Å². The molecule has 0 aliphatic rings. The number of nitrogens with two attached hydrogens (primary N) is 1. The van der Waals surface area contributed by atoms with Crippen molar-refractivity contribution >= 4 is 17.8 Å². The van der Waals surface area contributed by atoms with Gasteiger partial charge in [0.25, 0.3) is 0 Å². The minimum Gasteiger partial charge on any atom is -0.480 e. The smallest absolute Gasteiger partial charge is 0.326 e. The van der Waals surface area contributed by atoms with Crippen molar-refractivity contribution in [2.45, 2.75) is 206 Å². The second-order valence-corrected chi connectivity index (χ2v) is 14.0. The summed E-state index contributed by atoms with van der Waals surface area (Å²) in [5.74, 6) is -1.33. The Bertz CT molecular complexity index is 942. The van der Waals surface area contributed by atoms with E-state index in [4.69, 9.17) is 10.5 Å². The number of amides is 1. The van der Waals surface area contributed by atoms with Gasteiger partial charge in [0.1, 0.15) is 12.1 Å². The van der Waals surface area contributed by atoms with Gasteiger partial charge in [0, 0.05) is 12.8 Å². The number of carboxylic acids is 1. The highest BCUT2D eigenvalue weighted by molar-refractivity contribution is 5.83. The standard InChI is InChI=1S/C44H78N2O5/c1-3-5-7-9-11-13-15-16-17-19-21-23-28-32-38-43(48)51-40(34-29-25-22-20-18-14-12-10-8-6-4-2)35-30-26-24-27-31-37-42(47)46-41(44(49)50)36-33-39-45/h6,8,12,14,20,22,29,34,40-41H,3-5,7,9-11,13,15-19,21,23-28,30-33,35-39,45H2,1-2H3,(H,46,47)(H,49,50)/b8-6-,14-12-,22-20-,34-29-. The highest BCUT2D eigenvalue weighted by Gasteiger charge is 2.18. The highest BCUT2D eigenvalue weighted by atomic mass is 16.5. The van der Waals surface area contributed by atoms with E-state index in [0.717, 1.165) is 77.0 Å². The molecule has 0 rings (SSSR count). The van der Waals surface area contributed by atoms with Gasteiger partial charge in [-0.3, -0.25) is 9.59 Å². The van der Waals surface area contributed by atoms with Crippen LogP contribution in [-0.4, -0.2) is 41.6 Å². The molecule has 4 N–H and O–H groups in total. The van der Waals surface area contributed by atoms with Crippen LogP contribution in [0.1, 0.15) is 194 Å². The fourth-order valence-corrected chi connectivity index (χ4v) is 6.01. The molecule has 0 aromatic carbocycles. The number of nitrogens with one attached hydrogen (secondary N) is 1. The van der Waals surface area contributed by atoms with E-state index >= 15 is 0 Å². The molecule has 0 aromatic rings. The minimum atomic E-state index is -1.01. The zero-order chi connectivity index (χ0) is 37.5. The maximum atomic E-state index is 12.7. The van der Waals surface area contributed by atoms with E-state index < -0.39 is 12.0 Å². The fraction of sp³-hybridized carbons (Fsp3) is 0.750. The van der Waals surface area contributed by atoms with Crippen molar-refractivity contribution in [1.82, 2.24) is 5.32 Å². The lowest BCUT2D eigenvalue weighted by Gasteiger charge is -2.15. The van der Waals surface area contributed by atoms with Crippen LogP contribution < -0.4 is 11.1 Å². The number of carbonyl (C=O) groups is 3. The molecule has 7 heteroatoms. The molecule has 0 heterocycles. The summed E-state index contributed by atoms with van der Waals surface area (Å²) < 4.78 is 5.92. The van der Waals surface area contributed by atoms with E-state index in [0.29, 0.717) is 32.2 Å². The van der Waals surface area contributed by atoms with Crippen molar-refractivity contribution in [2.24, 2.45) is 5.73 Å². The quantitative estimate of drug-likeness (QED) is 0.0335. The van der Waals surface area contributed by atoms with Crippen molar-refractivity contribution < 1.29 is 24.2 Å². The van der Waals surface area contributed by atoms with E-state index in [9.17, 15) is 19.5 Å². The number of esters is 1. The Hall–Kier alpha value is -2.67. The van der Waals surface area contributed by atoms with Crippen molar-refractivity contribution in [3.63, 3.8) is 0 Å². The Balaban J connectivity index is 4.43. The average molecular weight is 715 g/mol. The molecular formula is C44H78N2O5. The summed E-state index contributed by atoms with van der Waals surface area (Å²) in [6, 6.07) is -0.867. The monoisotopic (exact) mass is 715 g/mol. The zero-order valence-electron chi connectivity index (χ0n) is 32.9. The van der Waals surface area contributed by atoms with Gasteiger partial charge in [0.2, 0.25) is 5.91 Å². The zero-order valence-corrected chi connectivity index (χ0v) is 32.9. The first-order valence-electron chi connectivity index (χ1n) is 21.0. The lowest BCUT2D eigenvalue weighted by atomic mass is 10.0. The second-order valence-electron chi connectivity index (χ2n) is 14.0. The summed E-state index contributed by atoms with van der Waals surface area (Å²) in [5.41, 5.74) is 5.47. The molecule has 0 spiro atoms. The van der Waals surface area contributed by atoms with E-state index in [2.05, 4.69) is 61.7 Å². The summed E-state index contributed by atoms with van der Waals surface area (Å²) in [5, 5.41) is 11.9. The van der Waals surface area contributed by atoms with E-state index in [1.807, 2.05) is 6.08 Å². The highest BCUT2D eigenvalue weighted by Crippen LogP contribution is 2.16. The second kappa shape index (κ2) is 38.6. The Morgan fingerprint density at radius 2 is 1.06 bits per heavy atom. The number of aliphatic carboxylic acids is 1. The molecule has 51 heavy (non-hydrogen) atoms. The predicted molar refractivity (Wildman–Crippen MR) is 216 cm³/mol. The van der Waals surface area contributed by atoms with Crippen molar-refractivity contribution in [3.05, 3.63) is 48.6 Å². The molecule has 0 bridgehead atoms. The van der Waals surface area contributed by atoms with Gasteiger partial charge in [-0.1, -0.05) is 159 Å². The molecule has 0 saturated heterocycles. The molecule has 0 radical (unpaired) electrons. The van der Waals surface area contributed by atoms with Crippen LogP contribution in [0.5, 0.6) is 0 Å². The van der Waals surface area contributed by atoms with Crippen LogP contribution in [-0.2, 0) is 19.1 Å². The first-order chi connectivity index (χ1) is 24.9. The topological polar surface area (TPSA) is 119 Å². The molecule has 0 aromatic heterocycles. The summed E-state index contributed by atoms with van der Waals surface area (Å²) in [4.78, 5) is 36.3. The summed E-state index contributed by atoms with van der Waals surface area (Å²) >= 11 is 0. The summed E-state index contributed by atoms with van der Waals surface area (Å²) in [7, 11) is 0. The molecule has 2 unspecified atom stereocenters. The van der Waals surface area contributed by atoms with Crippen molar-refractivity contribution in [1.29, 1.82) is 0 Å². The van der Waals surface area contributed by atoms with E-state index in [1.165, 1.54) is 77.0 Å². The van der Waals surface area contributed by atoms with Crippen LogP contribution in [0.15, 0.2) is 48.6 Å². The van der Waals surface area contributed by atoms with Crippen LogP contribution in [0.25, 0.3) is 0 Å². The van der Waals surface area contributed by atoms with Crippen LogP contribution in [0.3, 0.4) is 0 Å². The number of carbonyl (C=O) groups excluding carboxylic acids is 2. The van der Waals surface area contributed by atoms with Gasteiger partial charge in [0.15, 0.2) is 0 Å². The van der Waals surface area contributed by atoms with Crippen molar-refractivity contribution in [3.8, 4) is 0 Å². The third kappa shape index (κ3) is 35.5. The third-order valence-corrected chi connectivity index (χ3v) is 9.14. The largest absolute Gasteiger partial charge is 0.480 e. The van der Waals surface area contributed by atoms with Gasteiger partial charge < -0.3 is 20.9 Å². The molecule has 1 amide bonds. The van der Waals surface area contributed by atoms with Gasteiger partial charge in [-0.15, -0.1) is 0 Å². The molecular weight excluding hydrogens is 636 g/mol. The van der Waals surface area contributed by atoms with Crippen molar-refractivity contribution in [2.75, 3.05) is 6.54 Å². The van der Waals surface area contributed by atoms with Gasteiger partial charge in [-0.25, -0.2) is 4.79 Å². The van der Waals surface area contributed by atoms with E-state index in [-0.39, 0.29) is 18.0 Å². The van der Waals surface area contributed by atoms with Gasteiger partial charge in [0.05, 0.1) is 0 Å². The Kier molecular flexibility index (Phi) is 36.5. The van der Waals surface area contributed by atoms with Gasteiger partial charge in [-0.2, -0.15) is 0 Å². The first-order valence-corrected chi connectivity index (χ1v) is 21.0. The van der Waals surface area contributed by atoms with Crippen LogP contribution in [0, 0.1) is 0 Å². The number of unbranched alkanes of at least 4 members (excludes halogenated alkanes) is 17. The number of hydrogen-bond donors (Lipinski definition) is 3. The molecule has 0 saturated carbocycles. The van der Waals surface area contributed by atoms with E-state index in [1.54, 1.807) is 0 Å². The minimum absolute atomic E-state index is 0.0986. The number of allylic oxidation sites excluding steroid dienone is 7. The maximum Gasteiger partial charge on any atom is 0.326 e.